The third-order valence-electron chi connectivity index (χ3n) is 3.49. The molecule has 1 atom stereocenters. The molecular formula is C16H19N3O5S. The number of rotatable bonds is 7. The van der Waals surface area contributed by atoms with Crippen molar-refractivity contribution in [2.24, 2.45) is 0 Å². The Kier molecular flexibility index (Phi) is 5.92. The summed E-state index contributed by atoms with van der Waals surface area (Å²) in [5.41, 5.74) is 0.143. The molecule has 8 nitrogen and oxygen atoms in total. The summed E-state index contributed by atoms with van der Waals surface area (Å²) in [4.78, 5) is 40.4. The lowest BCUT2D eigenvalue weighted by molar-refractivity contribution is -0.141. The van der Waals surface area contributed by atoms with Gasteiger partial charge in [0.2, 0.25) is 5.91 Å². The molecule has 2 heterocycles. The summed E-state index contributed by atoms with van der Waals surface area (Å²) in [6.45, 7) is 4.80. The van der Waals surface area contributed by atoms with Crippen LogP contribution in [0, 0.1) is 6.92 Å². The molecule has 2 amide bonds. The summed E-state index contributed by atoms with van der Waals surface area (Å²) in [7, 11) is 0. The number of aliphatic carboxylic acids is 1. The van der Waals surface area contributed by atoms with E-state index in [9.17, 15) is 19.5 Å². The van der Waals surface area contributed by atoms with Gasteiger partial charge < -0.3 is 19.7 Å². The van der Waals surface area contributed by atoms with E-state index in [-0.39, 0.29) is 24.7 Å². The molecule has 2 N–H and O–H groups in total. The van der Waals surface area contributed by atoms with Gasteiger partial charge in [-0.05, 0) is 26.0 Å². The Bertz CT molecular complexity index is 782. The van der Waals surface area contributed by atoms with Crippen molar-refractivity contribution in [1.29, 1.82) is 0 Å². The molecule has 0 saturated heterocycles. The summed E-state index contributed by atoms with van der Waals surface area (Å²) in [6, 6.07) is 2.51. The van der Waals surface area contributed by atoms with Crippen LogP contribution in [0.2, 0.25) is 0 Å². The van der Waals surface area contributed by atoms with Crippen molar-refractivity contribution in [3.05, 3.63) is 29.0 Å². The molecule has 2 aromatic heterocycles. The average Bonchev–Trinajstić information content (AvgIpc) is 3.18. The second kappa shape index (κ2) is 7.93. The summed E-state index contributed by atoms with van der Waals surface area (Å²) in [5, 5.41) is 13.9. The number of nitrogens with zero attached hydrogens (tertiary/aromatic N) is 2. The van der Waals surface area contributed by atoms with Gasteiger partial charge in [0.1, 0.15) is 17.5 Å². The molecule has 0 fully saturated rings. The second-order valence-corrected chi connectivity index (χ2v) is 6.30. The number of carboxylic acid groups (broad SMARTS) is 1. The summed E-state index contributed by atoms with van der Waals surface area (Å²) in [5.74, 6) is -0.606. The third-order valence-corrected chi connectivity index (χ3v) is 4.34. The average molecular weight is 365 g/mol. The van der Waals surface area contributed by atoms with Crippen molar-refractivity contribution >= 4 is 29.1 Å². The highest BCUT2D eigenvalue weighted by Gasteiger charge is 2.28. The maximum Gasteiger partial charge on any atom is 0.326 e. The molecule has 0 spiro atoms. The molecule has 1 unspecified atom stereocenters. The molecule has 2 rings (SSSR count). The van der Waals surface area contributed by atoms with E-state index in [0.717, 1.165) is 5.76 Å². The molecule has 0 saturated carbocycles. The van der Waals surface area contributed by atoms with Crippen molar-refractivity contribution < 1.29 is 23.9 Å². The van der Waals surface area contributed by atoms with Crippen molar-refractivity contribution in [1.82, 2.24) is 15.2 Å². The number of carboxylic acids is 1. The SMILES string of the molecule is CC(=O)NCCN(C(=O)c1csc(-c2ccc(C)o2)n1)C(C)C(=O)O. The lowest BCUT2D eigenvalue weighted by Gasteiger charge is -2.25. The van der Waals surface area contributed by atoms with Crippen LogP contribution < -0.4 is 5.32 Å². The predicted octanol–water partition coefficient (Wildman–Crippen LogP) is 1.76. The van der Waals surface area contributed by atoms with Gasteiger partial charge >= 0.3 is 5.97 Å². The van der Waals surface area contributed by atoms with E-state index in [1.807, 2.05) is 6.92 Å². The van der Waals surface area contributed by atoms with Crippen molar-refractivity contribution in [2.75, 3.05) is 13.1 Å². The topological polar surface area (TPSA) is 113 Å². The molecule has 0 radical (unpaired) electrons. The van der Waals surface area contributed by atoms with Gasteiger partial charge in [-0.1, -0.05) is 0 Å². The second-order valence-electron chi connectivity index (χ2n) is 5.44. The van der Waals surface area contributed by atoms with Gasteiger partial charge in [0.15, 0.2) is 10.8 Å². The summed E-state index contributed by atoms with van der Waals surface area (Å²) < 4.78 is 5.48. The van der Waals surface area contributed by atoms with Crippen LogP contribution in [0.4, 0.5) is 0 Å². The number of hydrogen-bond donors (Lipinski definition) is 2. The van der Waals surface area contributed by atoms with Crippen LogP contribution in [0.3, 0.4) is 0 Å². The molecule has 0 bridgehead atoms. The molecule has 25 heavy (non-hydrogen) atoms. The number of thiazole rings is 1. The van der Waals surface area contributed by atoms with Crippen molar-refractivity contribution in [3.63, 3.8) is 0 Å². The molecule has 0 aliphatic heterocycles. The molecular weight excluding hydrogens is 346 g/mol. The molecule has 2 aromatic rings. The zero-order chi connectivity index (χ0) is 18.6. The van der Waals surface area contributed by atoms with Gasteiger partial charge in [-0.15, -0.1) is 11.3 Å². The fraction of sp³-hybridized carbons (Fsp3) is 0.375. The fourth-order valence-electron chi connectivity index (χ4n) is 2.14. The van der Waals surface area contributed by atoms with Gasteiger partial charge in [0, 0.05) is 25.4 Å². The first-order chi connectivity index (χ1) is 11.8. The first-order valence-corrected chi connectivity index (χ1v) is 8.48. The highest BCUT2D eigenvalue weighted by molar-refractivity contribution is 7.13. The lowest BCUT2D eigenvalue weighted by atomic mass is 10.2. The maximum atomic E-state index is 12.7. The van der Waals surface area contributed by atoms with Crippen LogP contribution in [0.25, 0.3) is 10.8 Å². The number of aromatic nitrogens is 1. The monoisotopic (exact) mass is 365 g/mol. The van der Waals surface area contributed by atoms with Crippen molar-refractivity contribution in [3.8, 4) is 10.8 Å². The zero-order valence-corrected chi connectivity index (χ0v) is 14.9. The fourth-order valence-corrected chi connectivity index (χ4v) is 2.89. The Morgan fingerprint density at radius 1 is 1.40 bits per heavy atom. The summed E-state index contributed by atoms with van der Waals surface area (Å²) in [6.07, 6.45) is 0. The Balaban J connectivity index is 2.18. The standard InChI is InChI=1S/C16H19N3O5S/c1-9-4-5-13(24-9)14-18-12(8-25-14)15(21)19(10(2)16(22)23)7-6-17-11(3)20/h4-5,8,10H,6-7H2,1-3H3,(H,17,20)(H,22,23). The molecule has 0 aromatic carbocycles. The minimum atomic E-state index is -1.13. The number of aryl methyl sites for hydroxylation is 1. The van der Waals surface area contributed by atoms with Gasteiger partial charge in [0.25, 0.3) is 5.91 Å². The lowest BCUT2D eigenvalue weighted by Crippen LogP contribution is -2.46. The van der Waals surface area contributed by atoms with E-state index in [1.165, 1.54) is 30.1 Å². The van der Waals surface area contributed by atoms with Crippen LogP contribution in [0.15, 0.2) is 21.9 Å². The quantitative estimate of drug-likeness (QED) is 0.773. The van der Waals surface area contributed by atoms with Crippen LogP contribution in [-0.2, 0) is 9.59 Å². The minimum Gasteiger partial charge on any atom is -0.480 e. The molecule has 9 heteroatoms. The largest absolute Gasteiger partial charge is 0.480 e. The Labute approximate surface area is 148 Å². The van der Waals surface area contributed by atoms with E-state index >= 15 is 0 Å². The normalized spacial score (nSPS) is 11.8. The Hall–Kier alpha value is -2.68. The minimum absolute atomic E-state index is 0.0681. The van der Waals surface area contributed by atoms with Crippen LogP contribution in [0.1, 0.15) is 30.1 Å². The molecule has 134 valence electrons. The van der Waals surface area contributed by atoms with E-state index in [4.69, 9.17) is 4.42 Å². The summed E-state index contributed by atoms with van der Waals surface area (Å²) >= 11 is 1.24. The van der Waals surface area contributed by atoms with Crippen molar-refractivity contribution in [2.45, 2.75) is 26.8 Å². The van der Waals surface area contributed by atoms with E-state index < -0.39 is 17.9 Å². The van der Waals surface area contributed by atoms with E-state index in [1.54, 1.807) is 17.5 Å². The number of carbonyl (C=O) groups excluding carboxylic acids is 2. The zero-order valence-electron chi connectivity index (χ0n) is 14.1. The van der Waals surface area contributed by atoms with E-state index in [0.29, 0.717) is 10.8 Å². The first kappa shape index (κ1) is 18.7. The molecule has 0 aliphatic rings. The number of hydrogen-bond acceptors (Lipinski definition) is 6. The number of carbonyl (C=O) groups is 3. The Morgan fingerprint density at radius 2 is 2.12 bits per heavy atom. The number of amides is 2. The highest BCUT2D eigenvalue weighted by Crippen LogP contribution is 2.26. The van der Waals surface area contributed by atoms with Gasteiger partial charge in [-0.2, -0.15) is 0 Å². The Morgan fingerprint density at radius 3 is 2.68 bits per heavy atom. The smallest absolute Gasteiger partial charge is 0.326 e. The van der Waals surface area contributed by atoms with Gasteiger partial charge in [-0.3, -0.25) is 9.59 Å². The van der Waals surface area contributed by atoms with E-state index in [2.05, 4.69) is 10.3 Å². The van der Waals surface area contributed by atoms with Crippen LogP contribution >= 0.6 is 11.3 Å². The first-order valence-electron chi connectivity index (χ1n) is 7.60. The van der Waals surface area contributed by atoms with Gasteiger partial charge in [-0.25, -0.2) is 9.78 Å². The third kappa shape index (κ3) is 4.66. The predicted molar refractivity (Wildman–Crippen MR) is 91.4 cm³/mol. The maximum absolute atomic E-state index is 12.7. The highest BCUT2D eigenvalue weighted by atomic mass is 32.1. The number of furan rings is 1. The molecule has 0 aliphatic carbocycles. The van der Waals surface area contributed by atoms with Crippen LogP contribution in [0.5, 0.6) is 0 Å². The van der Waals surface area contributed by atoms with Gasteiger partial charge in [0.05, 0.1) is 0 Å². The van der Waals surface area contributed by atoms with Crippen LogP contribution in [-0.4, -0.2) is 51.9 Å². The number of nitrogens with one attached hydrogen (secondary N) is 1.